The van der Waals surface area contributed by atoms with Crippen molar-refractivity contribution in [2.75, 3.05) is 0 Å². The zero-order valence-corrected chi connectivity index (χ0v) is 13.7. The van der Waals surface area contributed by atoms with Gasteiger partial charge in [-0.1, -0.05) is 74.9 Å². The van der Waals surface area contributed by atoms with Crippen LogP contribution >= 0.6 is 0 Å². The van der Waals surface area contributed by atoms with Gasteiger partial charge < -0.3 is 0 Å². The van der Waals surface area contributed by atoms with Gasteiger partial charge >= 0.3 is 0 Å². The van der Waals surface area contributed by atoms with Crippen LogP contribution in [0.1, 0.15) is 87.2 Å². The Morgan fingerprint density at radius 1 is 0.500 bits per heavy atom. The van der Waals surface area contributed by atoms with Crippen molar-refractivity contribution in [3.8, 4) is 0 Å². The minimum Gasteiger partial charge on any atom is -0.0581 e. The molecule has 2 fully saturated rings. The van der Waals surface area contributed by atoms with Crippen molar-refractivity contribution in [2.45, 2.75) is 76.0 Å². The van der Waals surface area contributed by atoms with Crippen LogP contribution in [0.15, 0.2) is 36.4 Å². The predicted molar refractivity (Wildman–Crippen MR) is 95.6 cm³/mol. The standard InChI is InChI=1S/C22H28/c1-3-7-17(8-4-1)20-13-11-19-12-14-21(16-22(19)15-20)18-9-5-2-6-10-18/h11-18H,1-10H2. The van der Waals surface area contributed by atoms with Crippen molar-refractivity contribution in [1.29, 1.82) is 0 Å². The molecule has 0 bridgehead atoms. The van der Waals surface area contributed by atoms with Crippen LogP contribution < -0.4 is 0 Å². The highest BCUT2D eigenvalue weighted by atomic mass is 14.2. The van der Waals surface area contributed by atoms with E-state index in [-0.39, 0.29) is 0 Å². The first-order chi connectivity index (χ1) is 10.9. The third kappa shape index (κ3) is 2.93. The third-order valence-electron chi connectivity index (χ3n) is 6.04. The van der Waals surface area contributed by atoms with Gasteiger partial charge in [0.1, 0.15) is 0 Å². The first-order valence-corrected chi connectivity index (χ1v) is 9.44. The van der Waals surface area contributed by atoms with Crippen LogP contribution in [-0.2, 0) is 0 Å². The minimum absolute atomic E-state index is 0.816. The lowest BCUT2D eigenvalue weighted by atomic mass is 9.82. The Bertz CT molecular complexity index is 575. The van der Waals surface area contributed by atoms with Gasteiger partial charge in [0.2, 0.25) is 0 Å². The Hall–Kier alpha value is -1.30. The molecule has 2 aliphatic rings. The largest absolute Gasteiger partial charge is 0.0581 e. The van der Waals surface area contributed by atoms with Gasteiger partial charge in [0.25, 0.3) is 0 Å². The molecule has 0 atom stereocenters. The summed E-state index contributed by atoms with van der Waals surface area (Å²) in [5.41, 5.74) is 3.18. The maximum Gasteiger partial charge on any atom is -0.0162 e. The lowest BCUT2D eigenvalue weighted by molar-refractivity contribution is 0.443. The lowest BCUT2D eigenvalue weighted by Gasteiger charge is -2.23. The normalized spacial score (nSPS) is 21.3. The highest BCUT2D eigenvalue weighted by Gasteiger charge is 2.17. The van der Waals surface area contributed by atoms with Crippen molar-refractivity contribution < 1.29 is 0 Å². The molecule has 0 radical (unpaired) electrons. The molecule has 0 heterocycles. The van der Waals surface area contributed by atoms with E-state index in [2.05, 4.69) is 36.4 Å². The van der Waals surface area contributed by atoms with E-state index in [1.54, 1.807) is 11.1 Å². The third-order valence-corrected chi connectivity index (χ3v) is 6.04. The van der Waals surface area contributed by atoms with E-state index in [0.717, 1.165) is 11.8 Å². The molecule has 0 N–H and O–H groups in total. The van der Waals surface area contributed by atoms with Crippen molar-refractivity contribution in [1.82, 2.24) is 0 Å². The second kappa shape index (κ2) is 6.44. The zero-order valence-electron chi connectivity index (χ0n) is 13.7. The molecule has 0 spiro atoms. The Kier molecular flexibility index (Phi) is 4.19. The molecule has 22 heavy (non-hydrogen) atoms. The Morgan fingerprint density at radius 3 is 1.41 bits per heavy atom. The zero-order chi connectivity index (χ0) is 14.8. The topological polar surface area (TPSA) is 0 Å². The van der Waals surface area contributed by atoms with E-state index in [0.29, 0.717) is 0 Å². The molecule has 2 aliphatic carbocycles. The number of hydrogen-bond donors (Lipinski definition) is 0. The van der Waals surface area contributed by atoms with E-state index in [1.807, 2.05) is 0 Å². The predicted octanol–water partition coefficient (Wildman–Crippen LogP) is 6.94. The Balaban J connectivity index is 1.64. The van der Waals surface area contributed by atoms with Crippen molar-refractivity contribution >= 4 is 10.8 Å². The average Bonchev–Trinajstić information content (AvgIpc) is 2.62. The molecule has 2 aromatic rings. The summed E-state index contributed by atoms with van der Waals surface area (Å²) in [6.07, 6.45) is 14.2. The summed E-state index contributed by atoms with van der Waals surface area (Å²) in [4.78, 5) is 0. The fourth-order valence-corrected chi connectivity index (χ4v) is 4.66. The summed E-state index contributed by atoms with van der Waals surface area (Å²) < 4.78 is 0. The molecule has 0 aromatic heterocycles. The second-order valence-corrected chi connectivity index (χ2v) is 7.54. The van der Waals surface area contributed by atoms with Crippen LogP contribution in [-0.4, -0.2) is 0 Å². The van der Waals surface area contributed by atoms with Gasteiger partial charge in [-0.05, 0) is 59.4 Å². The lowest BCUT2D eigenvalue weighted by Crippen LogP contribution is -2.05. The van der Waals surface area contributed by atoms with Crippen molar-refractivity contribution in [3.05, 3.63) is 47.5 Å². The van der Waals surface area contributed by atoms with E-state index in [4.69, 9.17) is 0 Å². The quantitative estimate of drug-likeness (QED) is 0.562. The molecule has 2 saturated carbocycles. The van der Waals surface area contributed by atoms with Crippen molar-refractivity contribution in [3.63, 3.8) is 0 Å². The number of benzene rings is 2. The first-order valence-electron chi connectivity index (χ1n) is 9.44. The fraction of sp³-hybridized carbons (Fsp3) is 0.545. The summed E-state index contributed by atoms with van der Waals surface area (Å²) >= 11 is 0. The van der Waals surface area contributed by atoms with Crippen LogP contribution in [0.25, 0.3) is 10.8 Å². The van der Waals surface area contributed by atoms with Gasteiger partial charge in [0.15, 0.2) is 0 Å². The second-order valence-electron chi connectivity index (χ2n) is 7.54. The average molecular weight is 292 g/mol. The Morgan fingerprint density at radius 2 is 0.955 bits per heavy atom. The molecule has 2 aromatic carbocycles. The van der Waals surface area contributed by atoms with Crippen LogP contribution in [0.4, 0.5) is 0 Å². The molecule has 0 amide bonds. The molecule has 4 rings (SSSR count). The highest BCUT2D eigenvalue weighted by Crippen LogP contribution is 2.36. The van der Waals surface area contributed by atoms with Crippen LogP contribution in [0.3, 0.4) is 0 Å². The summed E-state index contributed by atoms with van der Waals surface area (Å²) in [5, 5.41) is 2.89. The summed E-state index contributed by atoms with van der Waals surface area (Å²) in [5.74, 6) is 1.63. The van der Waals surface area contributed by atoms with Crippen molar-refractivity contribution in [2.24, 2.45) is 0 Å². The maximum absolute atomic E-state index is 2.50. The molecular formula is C22H28. The summed E-state index contributed by atoms with van der Waals surface area (Å²) in [6, 6.07) is 14.5. The van der Waals surface area contributed by atoms with E-state index < -0.39 is 0 Å². The smallest absolute Gasteiger partial charge is 0.0162 e. The fourth-order valence-electron chi connectivity index (χ4n) is 4.66. The SMILES string of the molecule is c1cc2ccc(C3CCCCC3)cc2cc1C1CCCCC1. The van der Waals surface area contributed by atoms with Gasteiger partial charge in [-0.15, -0.1) is 0 Å². The van der Waals surface area contributed by atoms with E-state index >= 15 is 0 Å². The monoisotopic (exact) mass is 292 g/mol. The molecular weight excluding hydrogens is 264 g/mol. The van der Waals surface area contributed by atoms with Crippen LogP contribution in [0, 0.1) is 0 Å². The van der Waals surface area contributed by atoms with Gasteiger partial charge in [0, 0.05) is 0 Å². The van der Waals surface area contributed by atoms with Gasteiger partial charge in [-0.2, -0.15) is 0 Å². The molecule has 0 heteroatoms. The highest BCUT2D eigenvalue weighted by molar-refractivity contribution is 5.84. The van der Waals surface area contributed by atoms with Crippen LogP contribution in [0.2, 0.25) is 0 Å². The van der Waals surface area contributed by atoms with E-state index in [1.165, 1.54) is 75.0 Å². The van der Waals surface area contributed by atoms with Gasteiger partial charge in [0.05, 0.1) is 0 Å². The van der Waals surface area contributed by atoms with Gasteiger partial charge in [-0.3, -0.25) is 0 Å². The molecule has 0 saturated heterocycles. The number of hydrogen-bond acceptors (Lipinski definition) is 0. The minimum atomic E-state index is 0.816. The molecule has 0 nitrogen and oxygen atoms in total. The summed E-state index contributed by atoms with van der Waals surface area (Å²) in [7, 11) is 0. The van der Waals surface area contributed by atoms with Gasteiger partial charge in [-0.25, -0.2) is 0 Å². The van der Waals surface area contributed by atoms with Crippen LogP contribution in [0.5, 0.6) is 0 Å². The first kappa shape index (κ1) is 14.3. The molecule has 116 valence electrons. The Labute approximate surface area is 134 Å². The number of fused-ring (bicyclic) bond motifs is 1. The molecule has 0 aliphatic heterocycles. The summed E-state index contributed by atoms with van der Waals surface area (Å²) in [6.45, 7) is 0. The number of rotatable bonds is 2. The maximum atomic E-state index is 2.50. The van der Waals surface area contributed by atoms with E-state index in [9.17, 15) is 0 Å². The molecule has 0 unspecified atom stereocenters.